The van der Waals surface area contributed by atoms with E-state index < -0.39 is 0 Å². The molecule has 0 atom stereocenters. The largest absolute Gasteiger partial charge is 0.467 e. The highest BCUT2D eigenvalue weighted by atomic mass is 16.3. The Hall–Kier alpha value is -3.15. The van der Waals surface area contributed by atoms with E-state index in [1.165, 1.54) is 0 Å². The normalized spacial score (nSPS) is 10.4. The molecule has 0 bridgehead atoms. The van der Waals surface area contributed by atoms with E-state index in [0.29, 0.717) is 12.4 Å². The summed E-state index contributed by atoms with van der Waals surface area (Å²) < 4.78 is 5.23. The lowest BCUT2D eigenvalue weighted by Crippen LogP contribution is -2.15. The van der Waals surface area contributed by atoms with Crippen LogP contribution >= 0.6 is 0 Å². The Bertz CT molecular complexity index is 827. The lowest BCUT2D eigenvalue weighted by atomic mass is 10.1. The van der Waals surface area contributed by atoms with Crippen LogP contribution in [0.5, 0.6) is 0 Å². The standard InChI is InChI=1S/C18H18N4O2/c1-12-5-3-7-15(13(12)2)20-18(23)16-8-9-17(22-21-16)19-11-14-6-4-10-24-14/h3-10H,11H2,1-2H3,(H,19,22)(H,20,23). The maximum absolute atomic E-state index is 12.3. The molecule has 3 rings (SSSR count). The van der Waals surface area contributed by atoms with Crippen molar-refractivity contribution >= 4 is 17.4 Å². The second-order valence-electron chi connectivity index (χ2n) is 5.44. The fourth-order valence-electron chi connectivity index (χ4n) is 2.21. The van der Waals surface area contributed by atoms with Gasteiger partial charge in [-0.1, -0.05) is 12.1 Å². The van der Waals surface area contributed by atoms with Gasteiger partial charge in [-0.3, -0.25) is 4.79 Å². The highest BCUT2D eigenvalue weighted by Crippen LogP contribution is 2.18. The zero-order valence-corrected chi connectivity index (χ0v) is 13.5. The molecule has 24 heavy (non-hydrogen) atoms. The van der Waals surface area contributed by atoms with Gasteiger partial charge in [-0.25, -0.2) is 0 Å². The summed E-state index contributed by atoms with van der Waals surface area (Å²) in [5.41, 5.74) is 3.20. The Kier molecular flexibility index (Phi) is 4.56. The Labute approximate surface area is 139 Å². The first kappa shape index (κ1) is 15.7. The van der Waals surface area contributed by atoms with Gasteiger partial charge in [0.15, 0.2) is 5.69 Å². The van der Waals surface area contributed by atoms with Crippen molar-refractivity contribution in [1.29, 1.82) is 0 Å². The number of hydrogen-bond donors (Lipinski definition) is 2. The number of amides is 1. The maximum atomic E-state index is 12.3. The van der Waals surface area contributed by atoms with Crippen LogP contribution < -0.4 is 10.6 Å². The number of benzene rings is 1. The summed E-state index contributed by atoms with van der Waals surface area (Å²) in [6.07, 6.45) is 1.61. The monoisotopic (exact) mass is 322 g/mol. The van der Waals surface area contributed by atoms with Gasteiger partial charge in [0.2, 0.25) is 0 Å². The van der Waals surface area contributed by atoms with Crippen molar-refractivity contribution < 1.29 is 9.21 Å². The van der Waals surface area contributed by atoms with Crippen LogP contribution in [0.3, 0.4) is 0 Å². The van der Waals surface area contributed by atoms with Gasteiger partial charge in [0.25, 0.3) is 5.91 Å². The topological polar surface area (TPSA) is 80.0 Å². The van der Waals surface area contributed by atoms with E-state index in [4.69, 9.17) is 4.42 Å². The number of carbonyl (C=O) groups excluding carboxylic acids is 1. The highest BCUT2D eigenvalue weighted by Gasteiger charge is 2.10. The molecule has 0 radical (unpaired) electrons. The van der Waals surface area contributed by atoms with Crippen LogP contribution in [-0.4, -0.2) is 16.1 Å². The van der Waals surface area contributed by atoms with E-state index in [2.05, 4.69) is 20.8 Å². The Morgan fingerprint density at radius 1 is 1.08 bits per heavy atom. The van der Waals surface area contributed by atoms with Crippen molar-refractivity contribution in [3.05, 3.63) is 71.3 Å². The molecule has 1 amide bonds. The molecule has 0 aliphatic rings. The number of hydrogen-bond acceptors (Lipinski definition) is 5. The zero-order chi connectivity index (χ0) is 16.9. The molecule has 2 N–H and O–H groups in total. The van der Waals surface area contributed by atoms with Crippen molar-refractivity contribution in [2.24, 2.45) is 0 Å². The third-order valence-corrected chi connectivity index (χ3v) is 3.77. The first-order valence-electron chi connectivity index (χ1n) is 7.61. The highest BCUT2D eigenvalue weighted by molar-refractivity contribution is 6.03. The summed E-state index contributed by atoms with van der Waals surface area (Å²) in [5.74, 6) is 1.09. The quantitative estimate of drug-likeness (QED) is 0.751. The van der Waals surface area contributed by atoms with Crippen molar-refractivity contribution in [1.82, 2.24) is 10.2 Å². The fraction of sp³-hybridized carbons (Fsp3) is 0.167. The van der Waals surface area contributed by atoms with Crippen molar-refractivity contribution in [2.75, 3.05) is 10.6 Å². The Balaban J connectivity index is 1.64. The zero-order valence-electron chi connectivity index (χ0n) is 13.5. The molecule has 0 aliphatic heterocycles. The molecular formula is C18H18N4O2. The third-order valence-electron chi connectivity index (χ3n) is 3.77. The van der Waals surface area contributed by atoms with Crippen molar-refractivity contribution in [3.63, 3.8) is 0 Å². The molecular weight excluding hydrogens is 304 g/mol. The summed E-state index contributed by atoms with van der Waals surface area (Å²) in [4.78, 5) is 12.3. The van der Waals surface area contributed by atoms with Crippen LogP contribution in [0.2, 0.25) is 0 Å². The van der Waals surface area contributed by atoms with E-state index in [1.54, 1.807) is 18.4 Å². The van der Waals surface area contributed by atoms with Crippen LogP contribution in [0.1, 0.15) is 27.4 Å². The second-order valence-corrected chi connectivity index (χ2v) is 5.44. The molecule has 0 fully saturated rings. The third kappa shape index (κ3) is 3.60. The molecule has 3 aromatic rings. The molecule has 0 unspecified atom stereocenters. The molecule has 0 spiro atoms. The minimum atomic E-state index is -0.284. The first-order chi connectivity index (χ1) is 11.6. The SMILES string of the molecule is Cc1cccc(NC(=O)c2ccc(NCc3ccco3)nn2)c1C. The predicted octanol–water partition coefficient (Wildman–Crippen LogP) is 3.55. The molecule has 6 heteroatoms. The van der Waals surface area contributed by atoms with E-state index in [-0.39, 0.29) is 11.6 Å². The van der Waals surface area contributed by atoms with Gasteiger partial charge in [0.05, 0.1) is 12.8 Å². The molecule has 2 heterocycles. The van der Waals surface area contributed by atoms with Crippen molar-refractivity contribution in [3.8, 4) is 0 Å². The summed E-state index contributed by atoms with van der Waals surface area (Å²) in [6.45, 7) is 4.48. The van der Waals surface area contributed by atoms with Gasteiger partial charge >= 0.3 is 0 Å². The maximum Gasteiger partial charge on any atom is 0.276 e. The lowest BCUT2D eigenvalue weighted by Gasteiger charge is -2.10. The summed E-state index contributed by atoms with van der Waals surface area (Å²) >= 11 is 0. The van der Waals surface area contributed by atoms with E-state index in [9.17, 15) is 4.79 Å². The van der Waals surface area contributed by atoms with E-state index in [1.807, 2.05) is 44.2 Å². The number of aromatic nitrogens is 2. The minimum absolute atomic E-state index is 0.263. The molecule has 0 aliphatic carbocycles. The van der Waals surface area contributed by atoms with E-state index >= 15 is 0 Å². The Morgan fingerprint density at radius 2 is 1.96 bits per heavy atom. The van der Waals surface area contributed by atoms with Gasteiger partial charge in [-0.2, -0.15) is 0 Å². The lowest BCUT2D eigenvalue weighted by molar-refractivity contribution is 0.102. The molecule has 0 saturated heterocycles. The van der Waals surface area contributed by atoms with Gasteiger partial charge in [-0.05, 0) is 55.3 Å². The predicted molar refractivity (Wildman–Crippen MR) is 91.9 cm³/mol. The van der Waals surface area contributed by atoms with Crippen LogP contribution in [-0.2, 0) is 6.54 Å². The first-order valence-corrected chi connectivity index (χ1v) is 7.61. The van der Waals surface area contributed by atoms with Crippen LogP contribution in [0.25, 0.3) is 0 Å². The number of rotatable bonds is 5. The number of aryl methyl sites for hydroxylation is 1. The second kappa shape index (κ2) is 6.95. The summed E-state index contributed by atoms with van der Waals surface area (Å²) in [6, 6.07) is 12.8. The molecule has 2 aromatic heterocycles. The molecule has 1 aromatic carbocycles. The van der Waals surface area contributed by atoms with Gasteiger partial charge < -0.3 is 15.1 Å². The van der Waals surface area contributed by atoms with Crippen molar-refractivity contribution in [2.45, 2.75) is 20.4 Å². The summed E-state index contributed by atoms with van der Waals surface area (Å²) in [7, 11) is 0. The number of anilines is 2. The van der Waals surface area contributed by atoms with Gasteiger partial charge in [0.1, 0.15) is 11.6 Å². The van der Waals surface area contributed by atoms with Crippen LogP contribution in [0, 0.1) is 13.8 Å². The average molecular weight is 322 g/mol. The molecule has 0 saturated carbocycles. The van der Waals surface area contributed by atoms with E-state index in [0.717, 1.165) is 22.6 Å². The number of nitrogens with one attached hydrogen (secondary N) is 2. The number of nitrogens with zero attached hydrogens (tertiary/aromatic N) is 2. The molecule has 122 valence electrons. The smallest absolute Gasteiger partial charge is 0.276 e. The number of carbonyl (C=O) groups is 1. The molecule has 6 nitrogen and oxygen atoms in total. The van der Waals surface area contributed by atoms with Crippen LogP contribution in [0.15, 0.2) is 53.1 Å². The number of furan rings is 1. The van der Waals surface area contributed by atoms with Gasteiger partial charge in [0, 0.05) is 5.69 Å². The average Bonchev–Trinajstić information content (AvgIpc) is 3.11. The van der Waals surface area contributed by atoms with Crippen LogP contribution in [0.4, 0.5) is 11.5 Å². The Morgan fingerprint density at radius 3 is 2.67 bits per heavy atom. The minimum Gasteiger partial charge on any atom is -0.467 e. The fourth-order valence-corrected chi connectivity index (χ4v) is 2.21. The summed E-state index contributed by atoms with van der Waals surface area (Å²) in [5, 5.41) is 13.9. The van der Waals surface area contributed by atoms with Gasteiger partial charge in [-0.15, -0.1) is 10.2 Å².